The molecule has 1 aliphatic heterocycles. The topological polar surface area (TPSA) is 71.5 Å². The number of hydrogen-bond acceptors (Lipinski definition) is 4. The zero-order chi connectivity index (χ0) is 27.7. The molecule has 5 atom stereocenters. The van der Waals surface area contributed by atoms with E-state index >= 15 is 0 Å². The number of rotatable bonds is 5. The van der Waals surface area contributed by atoms with E-state index in [-0.39, 0.29) is 40.5 Å². The lowest BCUT2D eigenvalue weighted by molar-refractivity contribution is -0.135. The number of aromatic nitrogens is 1. The molecule has 0 unspecified atom stereocenters. The zero-order valence-corrected chi connectivity index (χ0v) is 25.2. The standard InChI is InChI=1S/C32H45NO4Si/c1-20-13-16-27-31(5,17-23-21-11-9-10-12-25(21)33-28(23)32(27,6)19-34)24(20)15-14-22-26(18-36-29(22)35)37-38(7,8)30(2,3)4/h9-12,14,24,26-27,33-34H,1,13,15-19H2,2-8H3/b22-14+/t24-,26-,27+,31+,32+/m1/s1. The number of aliphatic hydroxyl groups is 1. The summed E-state index contributed by atoms with van der Waals surface area (Å²) in [6, 6.07) is 8.48. The Labute approximate surface area is 228 Å². The molecule has 0 bridgehead atoms. The number of aliphatic hydroxyl groups excluding tert-OH is 1. The smallest absolute Gasteiger partial charge is 0.336 e. The number of allylic oxidation sites excluding steroid dienone is 2. The van der Waals surface area contributed by atoms with Crippen molar-refractivity contribution in [3.8, 4) is 0 Å². The minimum Gasteiger partial charge on any atom is -0.459 e. The number of ether oxygens (including phenoxy) is 1. The van der Waals surface area contributed by atoms with Crippen molar-refractivity contribution in [1.82, 2.24) is 4.98 Å². The van der Waals surface area contributed by atoms with E-state index in [2.05, 4.69) is 89.6 Å². The highest BCUT2D eigenvalue weighted by molar-refractivity contribution is 6.74. The Hall–Kier alpha value is -2.15. The Kier molecular flexibility index (Phi) is 6.64. The maximum atomic E-state index is 12.8. The van der Waals surface area contributed by atoms with Gasteiger partial charge in [-0.15, -0.1) is 0 Å². The number of para-hydroxylation sites is 1. The number of benzene rings is 1. The van der Waals surface area contributed by atoms with E-state index in [4.69, 9.17) is 9.16 Å². The van der Waals surface area contributed by atoms with Gasteiger partial charge < -0.3 is 19.3 Å². The summed E-state index contributed by atoms with van der Waals surface area (Å²) in [5, 5.41) is 12.1. The highest BCUT2D eigenvalue weighted by atomic mass is 28.4. The molecular formula is C32H45NO4Si. The summed E-state index contributed by atoms with van der Waals surface area (Å²) in [7, 11) is -2.07. The molecule has 1 saturated carbocycles. The molecule has 206 valence electrons. The molecule has 5 nitrogen and oxygen atoms in total. The number of carbonyl (C=O) groups excluding carboxylic acids is 1. The van der Waals surface area contributed by atoms with Gasteiger partial charge in [0.05, 0.1) is 12.2 Å². The van der Waals surface area contributed by atoms with Crippen LogP contribution in [0.5, 0.6) is 0 Å². The lowest BCUT2D eigenvalue weighted by atomic mass is 9.46. The van der Waals surface area contributed by atoms with Crippen molar-refractivity contribution >= 4 is 25.2 Å². The molecule has 2 heterocycles. The van der Waals surface area contributed by atoms with E-state index in [0.717, 1.165) is 31.2 Å². The van der Waals surface area contributed by atoms with Gasteiger partial charge in [0.2, 0.25) is 0 Å². The first-order valence-corrected chi connectivity index (χ1v) is 17.1. The minimum atomic E-state index is -2.07. The van der Waals surface area contributed by atoms with Crippen molar-refractivity contribution in [3.63, 3.8) is 0 Å². The van der Waals surface area contributed by atoms with Crippen LogP contribution >= 0.6 is 0 Å². The molecule has 0 radical (unpaired) electrons. The number of nitrogens with one attached hydrogen (secondary N) is 1. The average molecular weight is 536 g/mol. The molecule has 1 aromatic carbocycles. The minimum absolute atomic E-state index is 0.0516. The molecule has 5 rings (SSSR count). The molecular weight excluding hydrogens is 490 g/mol. The molecule has 1 saturated heterocycles. The van der Waals surface area contributed by atoms with Crippen molar-refractivity contribution in [2.45, 2.75) is 90.0 Å². The molecule has 2 fully saturated rings. The van der Waals surface area contributed by atoms with Crippen LogP contribution in [0, 0.1) is 17.3 Å². The van der Waals surface area contributed by atoms with Crippen LogP contribution in [-0.4, -0.2) is 43.7 Å². The molecule has 1 aromatic heterocycles. The summed E-state index contributed by atoms with van der Waals surface area (Å²) in [6.07, 6.45) is 5.39. The predicted octanol–water partition coefficient (Wildman–Crippen LogP) is 6.83. The SMILES string of the molecule is C=C1CC[C@H]2[C@@](C)(Cc3c([nH]c4ccccc34)[C@@]2(C)CO)[C@@H]1C/C=C1/C(=O)OC[C@H]1O[Si](C)(C)C(C)(C)C. The first-order chi connectivity index (χ1) is 17.7. The summed E-state index contributed by atoms with van der Waals surface area (Å²) in [5.74, 6) is 0.243. The normalized spacial score (nSPS) is 32.9. The fourth-order valence-corrected chi connectivity index (χ4v) is 8.69. The van der Waals surface area contributed by atoms with Crippen LogP contribution in [-0.2, 0) is 25.8 Å². The van der Waals surface area contributed by atoms with Crippen molar-refractivity contribution in [2.75, 3.05) is 13.2 Å². The summed E-state index contributed by atoms with van der Waals surface area (Å²) < 4.78 is 12.1. The highest BCUT2D eigenvalue weighted by Crippen LogP contribution is 2.61. The van der Waals surface area contributed by atoms with Gasteiger partial charge in [0.1, 0.15) is 12.7 Å². The number of hydrogen-bond donors (Lipinski definition) is 2. The van der Waals surface area contributed by atoms with Gasteiger partial charge in [0, 0.05) is 22.0 Å². The molecule has 0 amide bonds. The summed E-state index contributed by atoms with van der Waals surface area (Å²) in [6.45, 7) is 20.6. The molecule has 38 heavy (non-hydrogen) atoms. The van der Waals surface area contributed by atoms with Crippen molar-refractivity contribution in [1.29, 1.82) is 0 Å². The van der Waals surface area contributed by atoms with Crippen LogP contribution < -0.4 is 0 Å². The number of H-pyrrole nitrogens is 1. The van der Waals surface area contributed by atoms with E-state index in [1.165, 1.54) is 22.2 Å². The van der Waals surface area contributed by atoms with Crippen molar-refractivity contribution in [3.05, 3.63) is 59.3 Å². The number of carbonyl (C=O) groups is 1. The van der Waals surface area contributed by atoms with Gasteiger partial charge in [-0.2, -0.15) is 0 Å². The lowest BCUT2D eigenvalue weighted by Gasteiger charge is -2.58. The predicted molar refractivity (Wildman–Crippen MR) is 156 cm³/mol. The largest absolute Gasteiger partial charge is 0.459 e. The Balaban J connectivity index is 1.51. The number of cyclic esters (lactones) is 1. The Morgan fingerprint density at radius 2 is 1.97 bits per heavy atom. The second kappa shape index (κ2) is 9.21. The summed E-state index contributed by atoms with van der Waals surface area (Å²) >= 11 is 0. The quantitative estimate of drug-likeness (QED) is 0.191. The Morgan fingerprint density at radius 3 is 2.66 bits per heavy atom. The fourth-order valence-electron chi connectivity index (χ4n) is 7.43. The molecule has 2 aromatic rings. The Bertz CT molecular complexity index is 1300. The molecule has 2 N–H and O–H groups in total. The van der Waals surface area contributed by atoms with Gasteiger partial charge in [-0.3, -0.25) is 0 Å². The van der Waals surface area contributed by atoms with E-state index in [0.29, 0.717) is 18.1 Å². The third kappa shape index (κ3) is 4.15. The van der Waals surface area contributed by atoms with Crippen LogP contribution in [0.3, 0.4) is 0 Å². The van der Waals surface area contributed by atoms with Gasteiger partial charge in [-0.25, -0.2) is 4.79 Å². The molecule has 3 aliphatic rings. The van der Waals surface area contributed by atoms with Crippen molar-refractivity contribution in [2.24, 2.45) is 17.3 Å². The number of esters is 1. The number of aromatic amines is 1. The number of fused-ring (bicyclic) bond motifs is 4. The monoisotopic (exact) mass is 535 g/mol. The van der Waals surface area contributed by atoms with Gasteiger partial charge in [0.15, 0.2) is 8.32 Å². The van der Waals surface area contributed by atoms with Crippen LogP contribution in [0.25, 0.3) is 10.9 Å². The summed E-state index contributed by atoms with van der Waals surface area (Å²) in [4.78, 5) is 16.5. The van der Waals surface area contributed by atoms with Crippen LogP contribution in [0.15, 0.2) is 48.1 Å². The second-order valence-corrected chi connectivity index (χ2v) is 18.7. The molecule has 6 heteroatoms. The van der Waals surface area contributed by atoms with E-state index in [1.54, 1.807) is 0 Å². The van der Waals surface area contributed by atoms with E-state index in [1.807, 2.05) is 0 Å². The first kappa shape index (κ1) is 27.4. The lowest BCUT2D eigenvalue weighted by Crippen LogP contribution is -2.55. The highest BCUT2D eigenvalue weighted by Gasteiger charge is 2.57. The van der Waals surface area contributed by atoms with E-state index < -0.39 is 8.32 Å². The first-order valence-electron chi connectivity index (χ1n) is 14.2. The maximum absolute atomic E-state index is 12.8. The van der Waals surface area contributed by atoms with E-state index in [9.17, 15) is 9.90 Å². The van der Waals surface area contributed by atoms with Crippen molar-refractivity contribution < 1.29 is 19.1 Å². The van der Waals surface area contributed by atoms with Gasteiger partial charge >= 0.3 is 5.97 Å². The fraction of sp³-hybridized carbons (Fsp3) is 0.594. The van der Waals surface area contributed by atoms with Crippen LogP contribution in [0.4, 0.5) is 0 Å². The second-order valence-electron chi connectivity index (χ2n) is 13.9. The Morgan fingerprint density at radius 1 is 1.26 bits per heavy atom. The summed E-state index contributed by atoms with van der Waals surface area (Å²) in [5.41, 5.74) is 5.10. The van der Waals surface area contributed by atoms with Crippen LogP contribution in [0.2, 0.25) is 18.1 Å². The van der Waals surface area contributed by atoms with Crippen LogP contribution in [0.1, 0.15) is 65.1 Å². The maximum Gasteiger partial charge on any atom is 0.336 e. The molecule has 2 aliphatic carbocycles. The van der Waals surface area contributed by atoms with Gasteiger partial charge in [-0.05, 0) is 72.7 Å². The van der Waals surface area contributed by atoms with Gasteiger partial charge in [-0.1, -0.05) is 71.0 Å². The zero-order valence-electron chi connectivity index (χ0n) is 24.2. The molecule has 0 spiro atoms. The third-order valence-electron chi connectivity index (χ3n) is 10.6. The average Bonchev–Trinajstić information content (AvgIpc) is 3.38. The third-order valence-corrected chi connectivity index (χ3v) is 15.1. The van der Waals surface area contributed by atoms with Gasteiger partial charge in [0.25, 0.3) is 0 Å².